The Hall–Kier alpha value is -1.83. The molecule has 7 nitrogen and oxygen atoms in total. The Balaban J connectivity index is 2.29. The number of carbonyl (C=O) groups is 1. The summed E-state index contributed by atoms with van der Waals surface area (Å²) in [6.07, 6.45) is 0. The van der Waals surface area contributed by atoms with Gasteiger partial charge in [0.2, 0.25) is 0 Å². The van der Waals surface area contributed by atoms with Crippen molar-refractivity contribution in [3.63, 3.8) is 0 Å². The van der Waals surface area contributed by atoms with Crippen LogP contribution >= 0.6 is 11.3 Å². The first-order valence-corrected chi connectivity index (χ1v) is 5.87. The Bertz CT molecular complexity index is 535. The monoisotopic (exact) mass is 253 g/mol. The maximum Gasteiger partial charge on any atom is 0.308 e. The Morgan fingerprint density at radius 3 is 3.00 bits per heavy atom. The zero-order valence-corrected chi connectivity index (χ0v) is 10.2. The van der Waals surface area contributed by atoms with Crippen LogP contribution in [-0.2, 0) is 11.3 Å². The van der Waals surface area contributed by atoms with Gasteiger partial charge >= 0.3 is 5.97 Å². The van der Waals surface area contributed by atoms with Gasteiger partial charge in [0.1, 0.15) is 0 Å². The lowest BCUT2D eigenvalue weighted by molar-refractivity contribution is -0.141. The van der Waals surface area contributed by atoms with Gasteiger partial charge in [0.25, 0.3) is 0 Å². The van der Waals surface area contributed by atoms with Crippen LogP contribution in [0.4, 0.5) is 0 Å². The number of aromatic nitrogens is 5. The summed E-state index contributed by atoms with van der Waals surface area (Å²) in [5, 5.41) is 20.2. The first-order chi connectivity index (χ1) is 8.09. The largest absolute Gasteiger partial charge is 0.481 e. The van der Waals surface area contributed by atoms with Gasteiger partial charge in [-0.25, -0.2) is 9.67 Å². The molecule has 0 aliphatic heterocycles. The van der Waals surface area contributed by atoms with Crippen molar-refractivity contribution < 1.29 is 9.90 Å². The molecule has 0 spiro atoms. The Kier molecular flexibility index (Phi) is 3.14. The van der Waals surface area contributed by atoms with Crippen LogP contribution in [-0.4, -0.2) is 36.3 Å². The summed E-state index contributed by atoms with van der Waals surface area (Å²) < 4.78 is 1.50. The number of aryl methyl sites for hydroxylation is 1. The van der Waals surface area contributed by atoms with Gasteiger partial charge in [0.05, 0.1) is 28.5 Å². The van der Waals surface area contributed by atoms with Crippen LogP contribution in [0.2, 0.25) is 0 Å². The summed E-state index contributed by atoms with van der Waals surface area (Å²) in [4.78, 5) is 15.8. The minimum atomic E-state index is -0.868. The average Bonchev–Trinajstić information content (AvgIpc) is 2.86. The number of aliphatic carboxylic acids is 1. The topological polar surface area (TPSA) is 93.8 Å². The molecule has 17 heavy (non-hydrogen) atoms. The molecule has 0 radical (unpaired) electrons. The average molecular weight is 253 g/mol. The molecule has 2 heterocycles. The molecule has 0 fully saturated rings. The second-order valence-electron chi connectivity index (χ2n) is 3.69. The normalized spacial score (nSPS) is 12.6. The zero-order chi connectivity index (χ0) is 12.4. The molecule has 90 valence electrons. The van der Waals surface area contributed by atoms with Crippen LogP contribution in [0, 0.1) is 12.8 Å². The van der Waals surface area contributed by atoms with Crippen molar-refractivity contribution in [2.24, 2.45) is 5.92 Å². The van der Waals surface area contributed by atoms with E-state index in [-0.39, 0.29) is 6.54 Å². The van der Waals surface area contributed by atoms with Crippen LogP contribution in [0.5, 0.6) is 0 Å². The Labute approximate surface area is 101 Å². The fraction of sp³-hybridized carbons (Fsp3) is 0.444. The van der Waals surface area contributed by atoms with Crippen LogP contribution in [0.25, 0.3) is 10.7 Å². The van der Waals surface area contributed by atoms with Gasteiger partial charge in [-0.05, 0) is 17.4 Å². The molecule has 1 atom stereocenters. The van der Waals surface area contributed by atoms with E-state index in [2.05, 4.69) is 20.5 Å². The van der Waals surface area contributed by atoms with E-state index in [0.29, 0.717) is 5.82 Å². The van der Waals surface area contributed by atoms with E-state index in [1.54, 1.807) is 12.4 Å². The minimum Gasteiger partial charge on any atom is -0.481 e. The lowest BCUT2D eigenvalue weighted by Crippen LogP contribution is -2.18. The first-order valence-electron chi connectivity index (χ1n) is 4.99. The molecule has 2 aromatic heterocycles. The third kappa shape index (κ3) is 2.31. The molecule has 2 rings (SSSR count). The summed E-state index contributed by atoms with van der Waals surface area (Å²) >= 11 is 1.44. The van der Waals surface area contributed by atoms with Gasteiger partial charge in [-0.1, -0.05) is 6.92 Å². The summed E-state index contributed by atoms with van der Waals surface area (Å²) in [7, 11) is 0. The fourth-order valence-corrected chi connectivity index (χ4v) is 2.14. The number of carboxylic acids is 1. The number of thiazole rings is 1. The van der Waals surface area contributed by atoms with E-state index in [0.717, 1.165) is 10.6 Å². The molecule has 1 N–H and O–H groups in total. The fourth-order valence-electron chi connectivity index (χ4n) is 1.34. The molecule has 0 aliphatic carbocycles. The number of hydrogen-bond donors (Lipinski definition) is 1. The molecule has 2 aromatic rings. The molecule has 0 aromatic carbocycles. The van der Waals surface area contributed by atoms with Crippen LogP contribution in [0.3, 0.4) is 0 Å². The van der Waals surface area contributed by atoms with E-state index in [9.17, 15) is 4.79 Å². The molecule has 1 unspecified atom stereocenters. The van der Waals surface area contributed by atoms with Gasteiger partial charge in [-0.15, -0.1) is 16.4 Å². The molecule has 0 amide bonds. The second-order valence-corrected chi connectivity index (χ2v) is 4.55. The van der Waals surface area contributed by atoms with E-state index in [1.807, 2.05) is 6.92 Å². The van der Waals surface area contributed by atoms with Crippen molar-refractivity contribution in [3.8, 4) is 10.7 Å². The van der Waals surface area contributed by atoms with Crippen LogP contribution in [0.15, 0.2) is 5.51 Å². The summed E-state index contributed by atoms with van der Waals surface area (Å²) in [6, 6.07) is 0. The van der Waals surface area contributed by atoms with Crippen molar-refractivity contribution in [1.82, 2.24) is 25.2 Å². The second kappa shape index (κ2) is 4.58. The van der Waals surface area contributed by atoms with Gasteiger partial charge in [0.15, 0.2) is 5.82 Å². The Morgan fingerprint density at radius 2 is 2.41 bits per heavy atom. The SMILES string of the molecule is Cc1ncsc1-c1nnnn1CC(C)C(=O)O. The van der Waals surface area contributed by atoms with E-state index < -0.39 is 11.9 Å². The van der Waals surface area contributed by atoms with E-state index >= 15 is 0 Å². The third-order valence-corrected chi connectivity index (χ3v) is 3.27. The van der Waals surface area contributed by atoms with Gasteiger partial charge in [0, 0.05) is 0 Å². The Morgan fingerprint density at radius 1 is 1.65 bits per heavy atom. The number of nitrogens with zero attached hydrogens (tertiary/aromatic N) is 5. The van der Waals surface area contributed by atoms with Crippen molar-refractivity contribution >= 4 is 17.3 Å². The molecular weight excluding hydrogens is 242 g/mol. The lowest BCUT2D eigenvalue weighted by Gasteiger charge is -2.06. The number of rotatable bonds is 4. The van der Waals surface area contributed by atoms with Crippen molar-refractivity contribution in [1.29, 1.82) is 0 Å². The highest BCUT2D eigenvalue weighted by Gasteiger charge is 2.18. The summed E-state index contributed by atoms with van der Waals surface area (Å²) in [5.41, 5.74) is 2.55. The predicted molar refractivity (Wildman–Crippen MR) is 60.5 cm³/mol. The van der Waals surface area contributed by atoms with Crippen molar-refractivity contribution in [3.05, 3.63) is 11.2 Å². The van der Waals surface area contributed by atoms with Gasteiger partial charge in [-0.3, -0.25) is 4.79 Å². The highest BCUT2D eigenvalue weighted by Crippen LogP contribution is 2.24. The van der Waals surface area contributed by atoms with Crippen molar-refractivity contribution in [2.75, 3.05) is 0 Å². The number of carboxylic acid groups (broad SMARTS) is 1. The maximum absolute atomic E-state index is 10.8. The minimum absolute atomic E-state index is 0.245. The highest BCUT2D eigenvalue weighted by molar-refractivity contribution is 7.13. The zero-order valence-electron chi connectivity index (χ0n) is 9.36. The number of tetrazole rings is 1. The summed E-state index contributed by atoms with van der Waals surface area (Å²) in [5.74, 6) is -0.837. The standard InChI is InChI=1S/C9H11N5O2S/c1-5(9(15)16)3-14-8(11-12-13-14)7-6(2)10-4-17-7/h4-5H,3H2,1-2H3,(H,15,16). The van der Waals surface area contributed by atoms with Crippen LogP contribution < -0.4 is 0 Å². The molecule has 0 saturated carbocycles. The highest BCUT2D eigenvalue weighted by atomic mass is 32.1. The van der Waals surface area contributed by atoms with E-state index in [1.165, 1.54) is 16.0 Å². The number of hydrogen-bond acceptors (Lipinski definition) is 6. The molecular formula is C9H11N5O2S. The summed E-state index contributed by atoms with van der Waals surface area (Å²) in [6.45, 7) is 3.73. The molecule has 8 heteroatoms. The third-order valence-electron chi connectivity index (χ3n) is 2.35. The first kappa shape index (κ1) is 11.6. The molecule has 0 saturated heterocycles. The predicted octanol–water partition coefficient (Wildman–Crippen LogP) is 0.826. The lowest BCUT2D eigenvalue weighted by atomic mass is 10.2. The quantitative estimate of drug-likeness (QED) is 0.867. The molecule has 0 bridgehead atoms. The van der Waals surface area contributed by atoms with Crippen LogP contribution in [0.1, 0.15) is 12.6 Å². The van der Waals surface area contributed by atoms with E-state index in [4.69, 9.17) is 5.11 Å². The maximum atomic E-state index is 10.8. The van der Waals surface area contributed by atoms with Crippen molar-refractivity contribution in [2.45, 2.75) is 20.4 Å². The smallest absolute Gasteiger partial charge is 0.308 e. The molecule has 0 aliphatic rings. The van der Waals surface area contributed by atoms with Gasteiger partial charge in [-0.2, -0.15) is 0 Å². The van der Waals surface area contributed by atoms with Gasteiger partial charge < -0.3 is 5.11 Å².